The Balaban J connectivity index is 1.58. The molecule has 3 rings (SSSR count). The third-order valence-electron chi connectivity index (χ3n) is 4.00. The van der Waals surface area contributed by atoms with Crippen LogP contribution in [-0.4, -0.2) is 27.8 Å². The Labute approximate surface area is 163 Å². The minimum absolute atomic E-state index is 0.162. The first-order valence-electron chi connectivity index (χ1n) is 8.53. The third kappa shape index (κ3) is 5.01. The van der Waals surface area contributed by atoms with E-state index in [4.69, 9.17) is 4.74 Å². The first-order valence-corrected chi connectivity index (χ1v) is 8.53. The summed E-state index contributed by atoms with van der Waals surface area (Å²) in [5.74, 6) is -1.36. The molecule has 1 unspecified atom stereocenters. The highest BCUT2D eigenvalue weighted by Crippen LogP contribution is 2.29. The normalized spacial score (nSPS) is 12.3. The smallest absolute Gasteiger partial charge is 0.416 e. The number of carbonyl (C=O) groups excluding carboxylic acids is 2. The van der Waals surface area contributed by atoms with Gasteiger partial charge < -0.3 is 10.1 Å². The maximum absolute atomic E-state index is 12.6. The Morgan fingerprint density at radius 1 is 1.07 bits per heavy atom. The largest absolute Gasteiger partial charge is 0.449 e. The van der Waals surface area contributed by atoms with Gasteiger partial charge in [-0.2, -0.15) is 18.3 Å². The number of esters is 1. The van der Waals surface area contributed by atoms with Crippen molar-refractivity contribution < 1.29 is 27.5 Å². The predicted octanol–water partition coefficient (Wildman–Crippen LogP) is 4.08. The number of amides is 1. The molecule has 0 aliphatic heterocycles. The number of hydrogen-bond donors (Lipinski definition) is 1. The fraction of sp³-hybridized carbons (Fsp3) is 0.150. The molecule has 1 atom stereocenters. The van der Waals surface area contributed by atoms with Crippen LogP contribution in [0.25, 0.3) is 5.69 Å². The van der Waals surface area contributed by atoms with Gasteiger partial charge in [0.25, 0.3) is 5.91 Å². The molecule has 0 aliphatic rings. The maximum atomic E-state index is 12.6. The van der Waals surface area contributed by atoms with Crippen LogP contribution in [-0.2, 0) is 15.7 Å². The molecular formula is C20H16F3N3O3. The van der Waals surface area contributed by atoms with Crippen molar-refractivity contribution in [3.8, 4) is 5.69 Å². The molecule has 150 valence electrons. The van der Waals surface area contributed by atoms with Crippen molar-refractivity contribution >= 4 is 17.6 Å². The number of alkyl halides is 3. The average molecular weight is 403 g/mol. The second-order valence-electron chi connectivity index (χ2n) is 6.11. The lowest BCUT2D eigenvalue weighted by molar-refractivity contribution is -0.137. The van der Waals surface area contributed by atoms with Crippen LogP contribution in [0, 0.1) is 0 Å². The fourth-order valence-electron chi connectivity index (χ4n) is 2.44. The highest BCUT2D eigenvalue weighted by molar-refractivity contribution is 5.97. The zero-order valence-corrected chi connectivity index (χ0v) is 15.2. The van der Waals surface area contributed by atoms with Gasteiger partial charge in [0.2, 0.25) is 0 Å². The molecule has 0 fully saturated rings. The number of ether oxygens (including phenoxy) is 1. The monoisotopic (exact) mass is 403 g/mol. The van der Waals surface area contributed by atoms with E-state index < -0.39 is 29.7 Å². The Morgan fingerprint density at radius 2 is 1.72 bits per heavy atom. The maximum Gasteiger partial charge on any atom is 0.416 e. The SMILES string of the molecule is CC(OC(=O)c1ccc(-n2cccn2)cc1)C(=O)Nc1ccc(C(F)(F)F)cc1. The van der Waals surface area contributed by atoms with Crippen LogP contribution in [0.3, 0.4) is 0 Å². The van der Waals surface area contributed by atoms with Gasteiger partial charge in [0.05, 0.1) is 16.8 Å². The summed E-state index contributed by atoms with van der Waals surface area (Å²) in [4.78, 5) is 24.4. The summed E-state index contributed by atoms with van der Waals surface area (Å²) < 4.78 is 44.5. The van der Waals surface area contributed by atoms with E-state index in [0.29, 0.717) is 0 Å². The summed E-state index contributed by atoms with van der Waals surface area (Å²) in [5, 5.41) is 6.49. The van der Waals surface area contributed by atoms with E-state index in [-0.39, 0.29) is 11.3 Å². The second kappa shape index (κ2) is 8.17. The second-order valence-corrected chi connectivity index (χ2v) is 6.11. The van der Waals surface area contributed by atoms with Crippen LogP contribution in [0.1, 0.15) is 22.8 Å². The van der Waals surface area contributed by atoms with E-state index in [1.807, 2.05) is 0 Å². The van der Waals surface area contributed by atoms with Crippen LogP contribution in [0.15, 0.2) is 67.0 Å². The van der Waals surface area contributed by atoms with Gasteiger partial charge in [-0.1, -0.05) is 0 Å². The minimum atomic E-state index is -4.46. The molecule has 2 aromatic carbocycles. The summed E-state index contributed by atoms with van der Waals surface area (Å²) in [6, 6.07) is 12.2. The molecule has 0 saturated heterocycles. The number of carbonyl (C=O) groups is 2. The molecule has 0 bridgehead atoms. The third-order valence-corrected chi connectivity index (χ3v) is 4.00. The molecule has 0 saturated carbocycles. The van der Waals surface area contributed by atoms with Crippen LogP contribution >= 0.6 is 0 Å². The molecule has 1 aromatic heterocycles. The first-order chi connectivity index (χ1) is 13.7. The number of aromatic nitrogens is 2. The Hall–Kier alpha value is -3.62. The summed E-state index contributed by atoms with van der Waals surface area (Å²) in [5.41, 5.74) is 0.331. The van der Waals surface area contributed by atoms with Crippen molar-refractivity contribution in [2.24, 2.45) is 0 Å². The zero-order chi connectivity index (χ0) is 21.0. The number of rotatable bonds is 5. The van der Waals surface area contributed by atoms with Gasteiger partial charge in [-0.15, -0.1) is 0 Å². The number of halogens is 3. The van der Waals surface area contributed by atoms with Crippen molar-refractivity contribution in [1.29, 1.82) is 0 Å². The first kappa shape index (κ1) is 20.1. The van der Waals surface area contributed by atoms with E-state index in [1.165, 1.54) is 6.92 Å². The highest BCUT2D eigenvalue weighted by Gasteiger charge is 2.30. The van der Waals surface area contributed by atoms with E-state index in [0.717, 1.165) is 30.0 Å². The fourth-order valence-corrected chi connectivity index (χ4v) is 2.44. The molecule has 6 nitrogen and oxygen atoms in total. The topological polar surface area (TPSA) is 73.2 Å². The van der Waals surface area contributed by atoms with Crippen LogP contribution in [0.4, 0.5) is 18.9 Å². The molecule has 1 N–H and O–H groups in total. The molecule has 0 aliphatic carbocycles. The van der Waals surface area contributed by atoms with Gasteiger partial charge in [-0.05, 0) is 61.5 Å². The molecule has 1 heterocycles. The zero-order valence-electron chi connectivity index (χ0n) is 15.2. The predicted molar refractivity (Wildman–Crippen MR) is 98.5 cm³/mol. The van der Waals surface area contributed by atoms with E-state index in [9.17, 15) is 22.8 Å². The Bertz CT molecular complexity index is 983. The van der Waals surface area contributed by atoms with Gasteiger partial charge in [0.15, 0.2) is 6.10 Å². The van der Waals surface area contributed by atoms with Crippen LogP contribution in [0.5, 0.6) is 0 Å². The molecule has 3 aromatic rings. The quantitative estimate of drug-likeness (QED) is 0.652. The molecular weight excluding hydrogens is 387 g/mol. The van der Waals surface area contributed by atoms with Gasteiger partial charge in [-0.25, -0.2) is 9.48 Å². The summed E-state index contributed by atoms with van der Waals surface area (Å²) >= 11 is 0. The molecule has 1 amide bonds. The number of anilines is 1. The van der Waals surface area contributed by atoms with Crippen molar-refractivity contribution in [3.63, 3.8) is 0 Å². The number of nitrogens with one attached hydrogen (secondary N) is 1. The van der Waals surface area contributed by atoms with E-state index in [1.54, 1.807) is 47.4 Å². The lowest BCUT2D eigenvalue weighted by atomic mass is 10.2. The van der Waals surface area contributed by atoms with Crippen LogP contribution in [0.2, 0.25) is 0 Å². The van der Waals surface area contributed by atoms with Crippen LogP contribution < -0.4 is 5.32 Å². The molecule has 0 radical (unpaired) electrons. The van der Waals surface area contributed by atoms with Crippen molar-refractivity contribution in [2.75, 3.05) is 5.32 Å². The van der Waals surface area contributed by atoms with Crippen molar-refractivity contribution in [2.45, 2.75) is 19.2 Å². The van der Waals surface area contributed by atoms with Gasteiger partial charge >= 0.3 is 12.1 Å². The molecule has 0 spiro atoms. The lowest BCUT2D eigenvalue weighted by Crippen LogP contribution is -2.30. The molecule has 29 heavy (non-hydrogen) atoms. The number of nitrogens with zero attached hydrogens (tertiary/aromatic N) is 2. The lowest BCUT2D eigenvalue weighted by Gasteiger charge is -2.14. The van der Waals surface area contributed by atoms with E-state index in [2.05, 4.69) is 10.4 Å². The summed E-state index contributed by atoms with van der Waals surface area (Å²) in [6.45, 7) is 1.37. The minimum Gasteiger partial charge on any atom is -0.449 e. The van der Waals surface area contributed by atoms with Gasteiger partial charge in [-0.3, -0.25) is 4.79 Å². The number of hydrogen-bond acceptors (Lipinski definition) is 4. The average Bonchev–Trinajstić information content (AvgIpc) is 3.22. The molecule has 9 heteroatoms. The summed E-state index contributed by atoms with van der Waals surface area (Å²) in [7, 11) is 0. The van der Waals surface area contributed by atoms with Gasteiger partial charge in [0.1, 0.15) is 0 Å². The summed E-state index contributed by atoms with van der Waals surface area (Å²) in [6.07, 6.45) is -2.23. The number of benzene rings is 2. The van der Waals surface area contributed by atoms with Gasteiger partial charge in [0, 0.05) is 18.1 Å². The highest BCUT2D eigenvalue weighted by atomic mass is 19.4. The Morgan fingerprint density at radius 3 is 2.28 bits per heavy atom. The standard InChI is InChI=1S/C20H16F3N3O3/c1-13(18(27)25-16-7-5-15(6-8-16)20(21,22)23)29-19(28)14-3-9-17(10-4-14)26-12-2-11-24-26/h2-13H,1H3,(H,25,27). The Kier molecular flexibility index (Phi) is 5.67. The van der Waals surface area contributed by atoms with E-state index >= 15 is 0 Å². The van der Waals surface area contributed by atoms with Crippen molar-refractivity contribution in [3.05, 3.63) is 78.1 Å². The van der Waals surface area contributed by atoms with Crippen molar-refractivity contribution in [1.82, 2.24) is 9.78 Å².